The van der Waals surface area contributed by atoms with Crippen molar-refractivity contribution in [1.29, 1.82) is 0 Å². The van der Waals surface area contributed by atoms with Crippen LogP contribution in [0.5, 0.6) is 5.75 Å². The Balaban J connectivity index is 2.76. The molecule has 0 unspecified atom stereocenters. The first-order valence-corrected chi connectivity index (χ1v) is 2.19. The van der Waals surface area contributed by atoms with Crippen molar-refractivity contribution in [2.75, 3.05) is 7.11 Å². The Morgan fingerprint density at radius 2 is 2.57 bits per heavy atom. The maximum absolute atomic E-state index is 4.85. The lowest BCUT2D eigenvalue weighted by atomic mass is 10.6. The smallest absolute Gasteiger partial charge is 0.0743 e. The van der Waals surface area contributed by atoms with E-state index in [-0.39, 0.29) is 0 Å². The normalized spacial score (nSPS) is 8.71. The maximum atomic E-state index is 4.85. The maximum Gasteiger partial charge on any atom is 0.0743 e. The molecule has 0 radical (unpaired) electrons. The molecular formula is C6H7O-. The molecule has 0 atom stereocenters. The average Bonchev–Trinajstić information content (AvgIpc) is 2.14. The highest BCUT2D eigenvalue weighted by Gasteiger charge is 1.70. The molecule has 0 aliphatic carbocycles. The first kappa shape index (κ1) is 4.31. The van der Waals surface area contributed by atoms with Crippen molar-refractivity contribution >= 4 is 0 Å². The zero-order valence-electron chi connectivity index (χ0n) is 4.22. The molecule has 0 fully saturated rings. The SMILES string of the molecule is COc1ccc[cH-]1. The summed E-state index contributed by atoms with van der Waals surface area (Å²) in [6, 6.07) is 7.72. The van der Waals surface area contributed by atoms with Crippen molar-refractivity contribution in [3.8, 4) is 5.75 Å². The first-order valence-electron chi connectivity index (χ1n) is 2.19. The molecule has 7 heavy (non-hydrogen) atoms. The molecular weight excluding hydrogens is 88.1 g/mol. The fourth-order valence-corrected chi connectivity index (χ4v) is 0.492. The van der Waals surface area contributed by atoms with Crippen LogP contribution in [0.25, 0.3) is 0 Å². The van der Waals surface area contributed by atoms with Crippen molar-refractivity contribution in [1.82, 2.24) is 0 Å². The fraction of sp³-hybridized carbons (Fsp3) is 0.167. The lowest BCUT2D eigenvalue weighted by Crippen LogP contribution is -1.74. The Morgan fingerprint density at radius 1 is 1.71 bits per heavy atom. The largest absolute Gasteiger partial charge is 0.523 e. The lowest BCUT2D eigenvalue weighted by Gasteiger charge is -1.95. The Labute approximate surface area is 42.9 Å². The second-order valence-corrected chi connectivity index (χ2v) is 1.32. The van der Waals surface area contributed by atoms with Gasteiger partial charge in [-0.25, -0.2) is 6.07 Å². The molecule has 1 nitrogen and oxygen atoms in total. The average molecular weight is 95.1 g/mol. The highest BCUT2D eigenvalue weighted by Crippen LogP contribution is 2.07. The van der Waals surface area contributed by atoms with Gasteiger partial charge in [0.1, 0.15) is 0 Å². The third kappa shape index (κ3) is 0.769. The molecule has 0 aliphatic rings. The molecule has 1 heteroatoms. The molecule has 0 saturated carbocycles. The summed E-state index contributed by atoms with van der Waals surface area (Å²) in [7, 11) is 1.66. The predicted octanol–water partition coefficient (Wildman–Crippen LogP) is 1.41. The van der Waals surface area contributed by atoms with Gasteiger partial charge < -0.3 is 4.74 Å². The van der Waals surface area contributed by atoms with E-state index in [1.807, 2.05) is 24.3 Å². The minimum Gasteiger partial charge on any atom is -0.523 e. The minimum absolute atomic E-state index is 0.931. The summed E-state index contributed by atoms with van der Waals surface area (Å²) in [4.78, 5) is 0. The summed E-state index contributed by atoms with van der Waals surface area (Å²) < 4.78 is 4.85. The van der Waals surface area contributed by atoms with Crippen LogP contribution in [0.15, 0.2) is 24.3 Å². The van der Waals surface area contributed by atoms with Crippen molar-refractivity contribution < 1.29 is 4.74 Å². The van der Waals surface area contributed by atoms with Gasteiger partial charge in [0.2, 0.25) is 0 Å². The van der Waals surface area contributed by atoms with Gasteiger partial charge in [-0.3, -0.25) is 0 Å². The summed E-state index contributed by atoms with van der Waals surface area (Å²) in [6.45, 7) is 0. The third-order valence-corrected chi connectivity index (χ3v) is 0.868. The molecule has 38 valence electrons. The van der Waals surface area contributed by atoms with E-state index in [0.717, 1.165) is 5.75 Å². The zero-order chi connectivity index (χ0) is 5.11. The Bertz CT molecular complexity index is 119. The van der Waals surface area contributed by atoms with Crippen molar-refractivity contribution in [2.45, 2.75) is 0 Å². The van der Waals surface area contributed by atoms with Crippen LogP contribution in [0, 0.1) is 0 Å². The molecule has 0 aliphatic heterocycles. The van der Waals surface area contributed by atoms with E-state index in [1.165, 1.54) is 0 Å². The van der Waals surface area contributed by atoms with Crippen LogP contribution in [0.1, 0.15) is 0 Å². The van der Waals surface area contributed by atoms with Crippen molar-refractivity contribution in [3.05, 3.63) is 24.3 Å². The van der Waals surface area contributed by atoms with Gasteiger partial charge in [0.05, 0.1) is 7.11 Å². The lowest BCUT2D eigenvalue weighted by molar-refractivity contribution is 0.416. The summed E-state index contributed by atoms with van der Waals surface area (Å²) in [6.07, 6.45) is 0. The van der Waals surface area contributed by atoms with Gasteiger partial charge in [0.25, 0.3) is 0 Å². The minimum atomic E-state index is 0.931. The van der Waals surface area contributed by atoms with Crippen LogP contribution in [0.3, 0.4) is 0 Å². The van der Waals surface area contributed by atoms with Gasteiger partial charge in [-0.1, -0.05) is 0 Å². The summed E-state index contributed by atoms with van der Waals surface area (Å²) in [5, 5.41) is 0. The van der Waals surface area contributed by atoms with Crippen LogP contribution in [-0.2, 0) is 0 Å². The van der Waals surface area contributed by atoms with Gasteiger partial charge in [-0.15, -0.1) is 6.07 Å². The Hall–Kier alpha value is -0.850. The number of hydrogen-bond acceptors (Lipinski definition) is 1. The van der Waals surface area contributed by atoms with Crippen molar-refractivity contribution in [3.63, 3.8) is 0 Å². The van der Waals surface area contributed by atoms with Crippen LogP contribution in [-0.4, -0.2) is 7.11 Å². The van der Waals surface area contributed by atoms with Gasteiger partial charge >= 0.3 is 0 Å². The molecule has 0 heterocycles. The number of methoxy groups -OCH3 is 1. The zero-order valence-corrected chi connectivity index (χ0v) is 4.22. The molecule has 0 aromatic heterocycles. The topological polar surface area (TPSA) is 9.23 Å². The van der Waals surface area contributed by atoms with E-state index < -0.39 is 0 Å². The molecule has 1 rings (SSSR count). The van der Waals surface area contributed by atoms with E-state index in [9.17, 15) is 0 Å². The molecule has 1 aromatic carbocycles. The number of hydrogen-bond donors (Lipinski definition) is 0. The van der Waals surface area contributed by atoms with Crippen LogP contribution in [0.4, 0.5) is 0 Å². The van der Waals surface area contributed by atoms with Crippen molar-refractivity contribution in [2.24, 2.45) is 0 Å². The molecule has 0 spiro atoms. The van der Waals surface area contributed by atoms with Crippen LogP contribution >= 0.6 is 0 Å². The molecule has 1 aromatic rings. The van der Waals surface area contributed by atoms with Gasteiger partial charge in [0, 0.05) is 5.75 Å². The van der Waals surface area contributed by atoms with E-state index in [2.05, 4.69) is 0 Å². The summed E-state index contributed by atoms with van der Waals surface area (Å²) in [5.41, 5.74) is 0. The second-order valence-electron chi connectivity index (χ2n) is 1.32. The highest BCUT2D eigenvalue weighted by atomic mass is 16.5. The van der Waals surface area contributed by atoms with E-state index in [1.54, 1.807) is 7.11 Å². The van der Waals surface area contributed by atoms with Gasteiger partial charge in [-0.05, 0) is 0 Å². The molecule has 0 saturated heterocycles. The van der Waals surface area contributed by atoms with Gasteiger partial charge in [0.15, 0.2) is 0 Å². The van der Waals surface area contributed by atoms with Crippen LogP contribution in [0.2, 0.25) is 0 Å². The van der Waals surface area contributed by atoms with Gasteiger partial charge in [-0.2, -0.15) is 12.1 Å². The molecule has 0 amide bonds. The Morgan fingerprint density at radius 3 is 2.86 bits per heavy atom. The van der Waals surface area contributed by atoms with Crippen LogP contribution < -0.4 is 4.74 Å². The monoisotopic (exact) mass is 95.1 g/mol. The molecule has 0 bridgehead atoms. The van der Waals surface area contributed by atoms with E-state index in [4.69, 9.17) is 4.74 Å². The molecule has 0 N–H and O–H groups in total. The first-order chi connectivity index (χ1) is 3.43. The second kappa shape index (κ2) is 1.73. The number of rotatable bonds is 1. The summed E-state index contributed by atoms with van der Waals surface area (Å²) >= 11 is 0. The number of ether oxygens (including phenoxy) is 1. The third-order valence-electron chi connectivity index (χ3n) is 0.868. The predicted molar refractivity (Wildman–Crippen MR) is 28.6 cm³/mol. The summed E-state index contributed by atoms with van der Waals surface area (Å²) in [5.74, 6) is 0.931. The Kier molecular flexibility index (Phi) is 1.07. The highest BCUT2D eigenvalue weighted by molar-refractivity contribution is 5.22. The standard InChI is InChI=1S/C6H7O/c1-7-6-4-2-3-5-6/h2-5H,1H3/q-1. The quantitative estimate of drug-likeness (QED) is 0.479. The fourth-order valence-electron chi connectivity index (χ4n) is 0.492. The van der Waals surface area contributed by atoms with E-state index in [0.29, 0.717) is 0 Å². The van der Waals surface area contributed by atoms with E-state index >= 15 is 0 Å².